The lowest BCUT2D eigenvalue weighted by atomic mass is 10.3. The van der Waals surface area contributed by atoms with E-state index in [0.717, 1.165) is 6.07 Å². The van der Waals surface area contributed by atoms with Gasteiger partial charge in [0.15, 0.2) is 0 Å². The largest absolute Gasteiger partial charge is 0.314 e. The molecule has 1 fully saturated rings. The molecule has 0 bridgehead atoms. The van der Waals surface area contributed by atoms with Crippen molar-refractivity contribution in [3.63, 3.8) is 0 Å². The van der Waals surface area contributed by atoms with Crippen LogP contribution < -0.4 is 5.32 Å². The third kappa shape index (κ3) is 3.30. The number of benzene rings is 1. The normalized spacial score (nSPS) is 20.5. The standard InChI is InChI=1S/C11H13BrF2N2O2S.ClH/c1-7-6-15-2-3-16(7)19(17,18)11-4-8(12)9(13)5-10(11)14;/h4-5,7,15H,2-3,6H2,1H3;1H. The number of hydrogen-bond donors (Lipinski definition) is 1. The van der Waals surface area contributed by atoms with Crippen molar-refractivity contribution in [2.45, 2.75) is 17.9 Å². The minimum absolute atomic E-state index is 0. The molecule has 1 aliphatic rings. The van der Waals surface area contributed by atoms with E-state index in [-0.39, 0.29) is 29.5 Å². The van der Waals surface area contributed by atoms with Gasteiger partial charge in [0.25, 0.3) is 0 Å². The summed E-state index contributed by atoms with van der Waals surface area (Å²) < 4.78 is 52.8. The monoisotopic (exact) mass is 390 g/mol. The Bertz CT molecular complexity index is 600. The average Bonchev–Trinajstić information content (AvgIpc) is 2.34. The number of rotatable bonds is 2. The molecule has 9 heteroatoms. The summed E-state index contributed by atoms with van der Waals surface area (Å²) in [6.07, 6.45) is 0. The van der Waals surface area contributed by atoms with Gasteiger partial charge < -0.3 is 5.32 Å². The fourth-order valence-electron chi connectivity index (χ4n) is 2.01. The Labute approximate surface area is 131 Å². The van der Waals surface area contributed by atoms with Crippen LogP contribution in [-0.4, -0.2) is 38.4 Å². The average molecular weight is 392 g/mol. The summed E-state index contributed by atoms with van der Waals surface area (Å²) in [6.45, 7) is 3.01. The molecule has 1 aromatic carbocycles. The predicted molar refractivity (Wildman–Crippen MR) is 77.5 cm³/mol. The lowest BCUT2D eigenvalue weighted by Gasteiger charge is -2.32. The summed E-state index contributed by atoms with van der Waals surface area (Å²) in [7, 11) is -3.96. The molecule has 0 spiro atoms. The van der Waals surface area contributed by atoms with Crippen molar-refractivity contribution in [3.8, 4) is 0 Å². The number of halogens is 4. The Morgan fingerprint density at radius 1 is 1.35 bits per heavy atom. The summed E-state index contributed by atoms with van der Waals surface area (Å²) in [4.78, 5) is -0.505. The first-order valence-electron chi connectivity index (χ1n) is 5.71. The van der Waals surface area contributed by atoms with Crippen LogP contribution in [0.25, 0.3) is 0 Å². The first kappa shape index (κ1) is 17.8. The summed E-state index contributed by atoms with van der Waals surface area (Å²) in [5, 5.41) is 3.05. The van der Waals surface area contributed by atoms with Crippen LogP contribution >= 0.6 is 28.3 Å². The molecule has 0 saturated carbocycles. The Morgan fingerprint density at radius 2 is 2.00 bits per heavy atom. The molecule has 114 valence electrons. The molecule has 4 nitrogen and oxygen atoms in total. The van der Waals surface area contributed by atoms with Gasteiger partial charge in [0, 0.05) is 31.7 Å². The molecule has 0 amide bonds. The highest BCUT2D eigenvalue weighted by Gasteiger charge is 2.33. The Balaban J connectivity index is 0.00000200. The van der Waals surface area contributed by atoms with Gasteiger partial charge in [0.05, 0.1) is 4.47 Å². The quantitative estimate of drug-likeness (QED) is 0.786. The molecule has 1 N–H and O–H groups in total. The van der Waals surface area contributed by atoms with E-state index in [9.17, 15) is 17.2 Å². The van der Waals surface area contributed by atoms with Gasteiger partial charge in [-0.1, -0.05) is 0 Å². The van der Waals surface area contributed by atoms with E-state index in [1.54, 1.807) is 6.92 Å². The third-order valence-electron chi connectivity index (χ3n) is 3.00. The second-order valence-electron chi connectivity index (χ2n) is 4.37. The molecular weight excluding hydrogens is 378 g/mol. The molecule has 1 saturated heterocycles. The van der Waals surface area contributed by atoms with Gasteiger partial charge in [-0.3, -0.25) is 0 Å². The molecule has 0 radical (unpaired) electrons. The van der Waals surface area contributed by atoms with E-state index in [2.05, 4.69) is 21.2 Å². The maximum absolute atomic E-state index is 13.7. The van der Waals surface area contributed by atoms with E-state index >= 15 is 0 Å². The van der Waals surface area contributed by atoms with E-state index in [0.29, 0.717) is 19.2 Å². The predicted octanol–water partition coefficient (Wildman–Crippen LogP) is 2.13. The van der Waals surface area contributed by atoms with Gasteiger partial charge in [-0.15, -0.1) is 12.4 Å². The summed E-state index contributed by atoms with van der Waals surface area (Å²) >= 11 is 2.87. The minimum Gasteiger partial charge on any atom is -0.314 e. The van der Waals surface area contributed by atoms with Crippen LogP contribution in [0, 0.1) is 11.6 Å². The molecule has 2 rings (SSSR count). The molecule has 1 unspecified atom stereocenters. The summed E-state index contributed by atoms with van der Waals surface area (Å²) in [6, 6.07) is 1.26. The highest BCUT2D eigenvalue weighted by Crippen LogP contribution is 2.27. The SMILES string of the molecule is CC1CNCCN1S(=O)(=O)c1cc(Br)c(F)cc1F.Cl. The van der Waals surface area contributed by atoms with Crippen LogP contribution in [0.15, 0.2) is 21.5 Å². The summed E-state index contributed by atoms with van der Waals surface area (Å²) in [5.74, 6) is -1.91. The third-order valence-corrected chi connectivity index (χ3v) is 5.64. The van der Waals surface area contributed by atoms with Gasteiger partial charge in [-0.2, -0.15) is 4.31 Å². The second kappa shape index (κ2) is 6.65. The van der Waals surface area contributed by atoms with Crippen LogP contribution in [0.5, 0.6) is 0 Å². The molecule has 1 atom stereocenters. The van der Waals surface area contributed by atoms with Gasteiger partial charge in [0.2, 0.25) is 10.0 Å². The topological polar surface area (TPSA) is 49.4 Å². The summed E-state index contributed by atoms with van der Waals surface area (Å²) in [5.41, 5.74) is 0. The van der Waals surface area contributed by atoms with Gasteiger partial charge in [0.1, 0.15) is 16.5 Å². The molecule has 0 aromatic heterocycles. The maximum atomic E-state index is 13.7. The van der Waals surface area contributed by atoms with Crippen LogP contribution in [-0.2, 0) is 10.0 Å². The van der Waals surface area contributed by atoms with E-state index in [1.165, 1.54) is 4.31 Å². The lowest BCUT2D eigenvalue weighted by molar-refractivity contribution is 0.283. The first-order valence-corrected chi connectivity index (χ1v) is 7.94. The van der Waals surface area contributed by atoms with Crippen LogP contribution in [0.1, 0.15) is 6.92 Å². The van der Waals surface area contributed by atoms with Crippen LogP contribution in [0.2, 0.25) is 0 Å². The fraction of sp³-hybridized carbons (Fsp3) is 0.455. The van der Waals surface area contributed by atoms with E-state index < -0.39 is 26.6 Å². The Kier molecular flexibility index (Phi) is 5.91. The zero-order chi connectivity index (χ0) is 14.2. The lowest BCUT2D eigenvalue weighted by Crippen LogP contribution is -2.52. The molecule has 1 aliphatic heterocycles. The zero-order valence-corrected chi connectivity index (χ0v) is 13.8. The maximum Gasteiger partial charge on any atom is 0.246 e. The number of nitrogens with zero attached hydrogens (tertiary/aromatic N) is 1. The van der Waals surface area contributed by atoms with Gasteiger partial charge in [-0.05, 0) is 28.9 Å². The van der Waals surface area contributed by atoms with Crippen molar-refractivity contribution in [1.29, 1.82) is 0 Å². The van der Waals surface area contributed by atoms with E-state index in [4.69, 9.17) is 0 Å². The van der Waals surface area contributed by atoms with Crippen molar-refractivity contribution in [1.82, 2.24) is 9.62 Å². The van der Waals surface area contributed by atoms with Crippen molar-refractivity contribution < 1.29 is 17.2 Å². The van der Waals surface area contributed by atoms with Crippen LogP contribution in [0.3, 0.4) is 0 Å². The van der Waals surface area contributed by atoms with Gasteiger partial charge >= 0.3 is 0 Å². The Morgan fingerprint density at radius 3 is 2.60 bits per heavy atom. The minimum atomic E-state index is -3.96. The van der Waals surface area contributed by atoms with Crippen molar-refractivity contribution in [2.75, 3.05) is 19.6 Å². The van der Waals surface area contributed by atoms with Crippen molar-refractivity contribution in [3.05, 3.63) is 28.2 Å². The Hall–Kier alpha value is -0.280. The van der Waals surface area contributed by atoms with E-state index in [1.807, 2.05) is 0 Å². The highest BCUT2D eigenvalue weighted by molar-refractivity contribution is 9.10. The molecule has 1 heterocycles. The molecule has 1 aromatic rings. The van der Waals surface area contributed by atoms with Crippen molar-refractivity contribution in [2.24, 2.45) is 0 Å². The second-order valence-corrected chi connectivity index (χ2v) is 7.08. The molecule has 0 aliphatic carbocycles. The molecule has 20 heavy (non-hydrogen) atoms. The number of hydrogen-bond acceptors (Lipinski definition) is 3. The smallest absolute Gasteiger partial charge is 0.246 e. The molecular formula is C11H14BrClF2N2O2S. The number of nitrogens with one attached hydrogen (secondary N) is 1. The van der Waals surface area contributed by atoms with Crippen LogP contribution in [0.4, 0.5) is 8.78 Å². The highest BCUT2D eigenvalue weighted by atomic mass is 79.9. The number of sulfonamides is 1. The van der Waals surface area contributed by atoms with Gasteiger partial charge in [-0.25, -0.2) is 17.2 Å². The fourth-order valence-corrected chi connectivity index (χ4v) is 4.21. The first-order chi connectivity index (χ1) is 8.84. The van der Waals surface area contributed by atoms with Crippen molar-refractivity contribution >= 4 is 38.4 Å². The number of piperazine rings is 1. The zero-order valence-electron chi connectivity index (χ0n) is 10.6.